The van der Waals surface area contributed by atoms with Crippen molar-refractivity contribution in [2.75, 3.05) is 12.4 Å². The van der Waals surface area contributed by atoms with E-state index in [-0.39, 0.29) is 17.6 Å². The van der Waals surface area contributed by atoms with Crippen LogP contribution in [0.5, 0.6) is 0 Å². The van der Waals surface area contributed by atoms with Gasteiger partial charge in [-0.25, -0.2) is 4.79 Å². The molecule has 8 nitrogen and oxygen atoms in total. The van der Waals surface area contributed by atoms with Crippen LogP contribution in [-0.2, 0) is 9.53 Å². The van der Waals surface area contributed by atoms with Gasteiger partial charge in [0, 0.05) is 17.1 Å². The van der Waals surface area contributed by atoms with Crippen molar-refractivity contribution in [3.63, 3.8) is 0 Å². The number of ether oxygens (including phenoxy) is 1. The zero-order valence-electron chi connectivity index (χ0n) is 12.7. The highest BCUT2D eigenvalue weighted by atomic mass is 32.2. The lowest BCUT2D eigenvalue weighted by atomic mass is 10.2. The summed E-state index contributed by atoms with van der Waals surface area (Å²) in [4.78, 5) is 25.8. The van der Waals surface area contributed by atoms with E-state index in [0.29, 0.717) is 5.89 Å². The fourth-order valence-corrected chi connectivity index (χ4v) is 2.63. The van der Waals surface area contributed by atoms with Gasteiger partial charge in [0.2, 0.25) is 5.91 Å². The number of thioether (sulfide) groups is 1. The third-order valence-electron chi connectivity index (χ3n) is 3.07. The van der Waals surface area contributed by atoms with E-state index in [1.807, 2.05) is 24.3 Å². The molecule has 2 amide bonds. The van der Waals surface area contributed by atoms with E-state index in [0.717, 1.165) is 28.2 Å². The average molecular weight is 346 g/mol. The fraction of sp³-hybridized carbons (Fsp3) is 0.200. The first-order valence-corrected chi connectivity index (χ1v) is 8.15. The van der Waals surface area contributed by atoms with Crippen LogP contribution in [0.1, 0.15) is 6.92 Å². The number of H-pyrrole nitrogens is 1. The molecule has 2 heterocycles. The van der Waals surface area contributed by atoms with Crippen LogP contribution in [0.25, 0.3) is 22.4 Å². The van der Waals surface area contributed by atoms with E-state index >= 15 is 0 Å². The van der Waals surface area contributed by atoms with E-state index in [1.54, 1.807) is 13.1 Å². The smallest absolute Gasteiger partial charge is 0.413 e. The van der Waals surface area contributed by atoms with Crippen molar-refractivity contribution in [1.29, 1.82) is 0 Å². The van der Waals surface area contributed by atoms with Gasteiger partial charge in [-0.3, -0.25) is 10.1 Å². The van der Waals surface area contributed by atoms with Gasteiger partial charge in [-0.05, 0) is 13.0 Å². The molecule has 3 aromatic rings. The molecule has 0 radical (unpaired) electrons. The molecule has 1 aromatic carbocycles. The Bertz CT molecular complexity index is 873. The number of amides is 2. The van der Waals surface area contributed by atoms with Crippen molar-refractivity contribution in [3.8, 4) is 11.5 Å². The number of aromatic amines is 1. The maximum absolute atomic E-state index is 11.6. The first-order chi connectivity index (χ1) is 11.7. The predicted octanol–water partition coefficient (Wildman–Crippen LogP) is 2.58. The van der Waals surface area contributed by atoms with Gasteiger partial charge in [-0.2, -0.15) is 0 Å². The monoisotopic (exact) mass is 346 g/mol. The summed E-state index contributed by atoms with van der Waals surface area (Å²) in [6.07, 6.45) is 1.02. The molecule has 0 saturated heterocycles. The van der Waals surface area contributed by atoms with Gasteiger partial charge < -0.3 is 14.1 Å². The summed E-state index contributed by atoms with van der Waals surface area (Å²) in [5.41, 5.74) is 1.76. The number of rotatable bonds is 5. The topological polar surface area (TPSA) is 110 Å². The van der Waals surface area contributed by atoms with E-state index in [9.17, 15) is 9.59 Å². The number of hydrogen-bond donors (Lipinski definition) is 2. The fourth-order valence-electron chi connectivity index (χ4n) is 2.07. The standard InChI is InChI=1S/C15H14N4O4S/c1-2-22-14(21)17-12(20)8-24-15-19-18-13(23-15)10-7-16-11-6-4-3-5-9(10)11/h3-7,16H,2,8H2,1H3,(H,17,20,21). The normalized spacial score (nSPS) is 10.7. The van der Waals surface area contributed by atoms with Gasteiger partial charge in [0.15, 0.2) is 0 Å². The quantitative estimate of drug-likeness (QED) is 0.683. The molecule has 0 saturated carbocycles. The second kappa shape index (κ2) is 7.18. The maximum Gasteiger partial charge on any atom is 0.413 e. The van der Waals surface area contributed by atoms with Gasteiger partial charge in [-0.15, -0.1) is 10.2 Å². The molecule has 0 unspecified atom stereocenters. The molecule has 0 bridgehead atoms. The van der Waals surface area contributed by atoms with Crippen molar-refractivity contribution >= 4 is 34.7 Å². The van der Waals surface area contributed by atoms with Gasteiger partial charge in [0.25, 0.3) is 11.1 Å². The van der Waals surface area contributed by atoms with Crippen LogP contribution in [0, 0.1) is 0 Å². The summed E-state index contributed by atoms with van der Waals surface area (Å²) >= 11 is 1.04. The highest BCUT2D eigenvalue weighted by molar-refractivity contribution is 7.99. The molecule has 0 aliphatic carbocycles. The number of fused-ring (bicyclic) bond motifs is 1. The predicted molar refractivity (Wildman–Crippen MR) is 87.5 cm³/mol. The molecular weight excluding hydrogens is 332 g/mol. The summed E-state index contributed by atoms with van der Waals surface area (Å²) in [5.74, 6) is -0.167. The summed E-state index contributed by atoms with van der Waals surface area (Å²) in [7, 11) is 0. The van der Waals surface area contributed by atoms with Crippen LogP contribution < -0.4 is 5.32 Å². The van der Waals surface area contributed by atoms with Gasteiger partial charge in [-0.1, -0.05) is 30.0 Å². The molecule has 3 rings (SSSR count). The minimum absolute atomic E-state index is 0.0334. The SMILES string of the molecule is CCOC(=O)NC(=O)CSc1nnc(-c2c[nH]c3ccccc23)o1. The third kappa shape index (κ3) is 3.57. The van der Waals surface area contributed by atoms with Crippen molar-refractivity contribution in [1.82, 2.24) is 20.5 Å². The highest BCUT2D eigenvalue weighted by Gasteiger charge is 2.15. The Balaban J connectivity index is 1.64. The van der Waals surface area contributed by atoms with Gasteiger partial charge in [0.05, 0.1) is 17.9 Å². The Morgan fingerprint density at radius 3 is 3.00 bits per heavy atom. The Hall–Kier alpha value is -2.81. The number of imide groups is 1. The molecule has 2 aromatic heterocycles. The first kappa shape index (κ1) is 16.1. The number of aromatic nitrogens is 3. The van der Waals surface area contributed by atoms with E-state index in [1.165, 1.54) is 0 Å². The lowest BCUT2D eigenvalue weighted by Gasteiger charge is -2.02. The highest BCUT2D eigenvalue weighted by Crippen LogP contribution is 2.29. The minimum atomic E-state index is -0.770. The number of benzene rings is 1. The average Bonchev–Trinajstić information content (AvgIpc) is 3.19. The van der Waals surface area contributed by atoms with Crippen LogP contribution in [0.3, 0.4) is 0 Å². The molecule has 124 valence electrons. The van der Waals surface area contributed by atoms with E-state index < -0.39 is 12.0 Å². The Kier molecular flexibility index (Phi) is 4.80. The Morgan fingerprint density at radius 2 is 2.17 bits per heavy atom. The molecule has 0 atom stereocenters. The van der Waals surface area contributed by atoms with Crippen LogP contribution >= 0.6 is 11.8 Å². The van der Waals surface area contributed by atoms with Gasteiger partial charge in [0.1, 0.15) is 0 Å². The summed E-state index contributed by atoms with van der Waals surface area (Å²) in [6, 6.07) is 7.75. The number of nitrogens with zero attached hydrogens (tertiary/aromatic N) is 2. The number of alkyl carbamates (subject to hydrolysis) is 1. The Morgan fingerprint density at radius 1 is 1.33 bits per heavy atom. The number of hydrogen-bond acceptors (Lipinski definition) is 7. The third-order valence-corrected chi connectivity index (χ3v) is 3.89. The molecule has 0 spiro atoms. The zero-order valence-corrected chi connectivity index (χ0v) is 13.6. The van der Waals surface area contributed by atoms with Crippen LogP contribution in [0.15, 0.2) is 40.1 Å². The molecule has 0 aliphatic rings. The van der Waals surface area contributed by atoms with Crippen molar-refractivity contribution in [2.45, 2.75) is 12.1 Å². The van der Waals surface area contributed by atoms with Crippen LogP contribution in [-0.4, -0.2) is 39.5 Å². The molecule has 0 fully saturated rings. The number of para-hydroxylation sites is 1. The van der Waals surface area contributed by atoms with Crippen molar-refractivity contribution in [3.05, 3.63) is 30.5 Å². The number of carbonyl (C=O) groups excluding carboxylic acids is 2. The second-order valence-electron chi connectivity index (χ2n) is 4.68. The summed E-state index contributed by atoms with van der Waals surface area (Å²) in [6.45, 7) is 1.85. The van der Waals surface area contributed by atoms with Crippen LogP contribution in [0.4, 0.5) is 4.79 Å². The van der Waals surface area contributed by atoms with Crippen molar-refractivity contribution < 1.29 is 18.7 Å². The lowest BCUT2D eigenvalue weighted by Crippen LogP contribution is -2.32. The molecule has 24 heavy (non-hydrogen) atoms. The van der Waals surface area contributed by atoms with Crippen LogP contribution in [0.2, 0.25) is 0 Å². The molecule has 2 N–H and O–H groups in total. The molecule has 9 heteroatoms. The lowest BCUT2D eigenvalue weighted by molar-refractivity contribution is -0.117. The summed E-state index contributed by atoms with van der Waals surface area (Å²) in [5, 5.41) is 11.2. The molecule has 0 aliphatic heterocycles. The molecular formula is C15H14N4O4S. The number of nitrogens with one attached hydrogen (secondary N) is 2. The summed E-state index contributed by atoms with van der Waals surface area (Å²) < 4.78 is 10.2. The van der Waals surface area contributed by atoms with E-state index in [4.69, 9.17) is 4.42 Å². The van der Waals surface area contributed by atoms with E-state index in [2.05, 4.69) is 25.2 Å². The second-order valence-corrected chi connectivity index (χ2v) is 5.60. The number of carbonyl (C=O) groups is 2. The first-order valence-electron chi connectivity index (χ1n) is 7.16. The van der Waals surface area contributed by atoms with Gasteiger partial charge >= 0.3 is 6.09 Å². The zero-order chi connectivity index (χ0) is 16.9. The Labute approximate surface area is 141 Å². The van der Waals surface area contributed by atoms with Crippen molar-refractivity contribution in [2.24, 2.45) is 0 Å². The minimum Gasteiger partial charge on any atom is -0.450 e. The maximum atomic E-state index is 11.6. The largest absolute Gasteiger partial charge is 0.450 e.